The normalized spacial score (nSPS) is 12.2. The second-order valence-electron chi connectivity index (χ2n) is 6.37. The van der Waals surface area contributed by atoms with Gasteiger partial charge in [0.15, 0.2) is 12.2 Å². The van der Waals surface area contributed by atoms with Crippen LogP contribution in [0.5, 0.6) is 0 Å². The zero-order valence-electron chi connectivity index (χ0n) is 15.6. The Hall–Kier alpha value is -3.26. The van der Waals surface area contributed by atoms with Gasteiger partial charge < -0.3 is 18.9 Å². The molecule has 0 unspecified atom stereocenters. The number of rotatable bonds is 7. The molecule has 148 valence electrons. The number of oxazole rings is 1. The number of furan rings is 1. The molecule has 0 aliphatic carbocycles. The van der Waals surface area contributed by atoms with E-state index in [2.05, 4.69) is 10.3 Å². The largest absolute Gasteiger partial charge is 0.459 e. The van der Waals surface area contributed by atoms with Crippen LogP contribution in [0.3, 0.4) is 0 Å². The third kappa shape index (κ3) is 4.60. The van der Waals surface area contributed by atoms with Gasteiger partial charge >= 0.3 is 5.97 Å². The summed E-state index contributed by atoms with van der Waals surface area (Å²) >= 11 is 1.12. The van der Waals surface area contributed by atoms with Gasteiger partial charge in [0.25, 0.3) is 11.1 Å². The average molecular weight is 410 g/mol. The fourth-order valence-corrected chi connectivity index (χ4v) is 3.43. The summed E-state index contributed by atoms with van der Waals surface area (Å²) in [5, 5.41) is 4.10. The molecular weight excluding hydrogens is 392 g/mol. The number of benzene rings is 2. The van der Waals surface area contributed by atoms with Gasteiger partial charge in [-0.3, -0.25) is 9.59 Å². The van der Waals surface area contributed by atoms with Crippen molar-refractivity contribution in [3.63, 3.8) is 0 Å². The Morgan fingerprint density at radius 3 is 2.66 bits per heavy atom. The molecule has 1 amide bonds. The molecule has 0 bridgehead atoms. The maximum Gasteiger partial charge on any atom is 0.316 e. The highest BCUT2D eigenvalue weighted by atomic mass is 32.2. The molecule has 0 aliphatic heterocycles. The Morgan fingerprint density at radius 1 is 1.10 bits per heavy atom. The van der Waals surface area contributed by atoms with E-state index in [0.29, 0.717) is 16.6 Å². The number of fused-ring (bicyclic) bond motifs is 2. The van der Waals surface area contributed by atoms with Gasteiger partial charge in [-0.1, -0.05) is 42.1 Å². The van der Waals surface area contributed by atoms with E-state index in [4.69, 9.17) is 13.6 Å². The molecule has 2 aromatic carbocycles. The minimum atomic E-state index is -0.524. The summed E-state index contributed by atoms with van der Waals surface area (Å²) < 4.78 is 16.3. The number of hydrogen-bond donors (Lipinski definition) is 1. The number of nitrogens with one attached hydrogen (secondary N) is 1. The quantitative estimate of drug-likeness (QED) is 0.362. The Bertz CT molecular complexity index is 1100. The molecule has 2 heterocycles. The van der Waals surface area contributed by atoms with Gasteiger partial charge in [0.1, 0.15) is 22.6 Å². The number of carbonyl (C=O) groups is 2. The minimum absolute atomic E-state index is 0.000765. The van der Waals surface area contributed by atoms with Crippen LogP contribution >= 0.6 is 11.8 Å². The molecule has 0 spiro atoms. The number of ether oxygens (including phenoxy) is 1. The van der Waals surface area contributed by atoms with E-state index < -0.39 is 11.9 Å². The average Bonchev–Trinajstić information content (AvgIpc) is 3.34. The molecule has 0 fully saturated rings. The Morgan fingerprint density at radius 2 is 1.86 bits per heavy atom. The molecule has 1 atom stereocenters. The number of thioether (sulfide) groups is 1. The molecule has 2 aromatic heterocycles. The van der Waals surface area contributed by atoms with Crippen molar-refractivity contribution in [1.82, 2.24) is 10.3 Å². The number of amides is 1. The summed E-state index contributed by atoms with van der Waals surface area (Å²) in [4.78, 5) is 28.2. The Labute approximate surface area is 170 Å². The first-order valence-electron chi connectivity index (χ1n) is 9.00. The zero-order chi connectivity index (χ0) is 20.2. The van der Waals surface area contributed by atoms with Crippen molar-refractivity contribution < 1.29 is 23.2 Å². The van der Waals surface area contributed by atoms with Crippen molar-refractivity contribution in [3.05, 3.63) is 60.4 Å². The van der Waals surface area contributed by atoms with E-state index in [1.54, 1.807) is 13.0 Å². The maximum absolute atomic E-state index is 12.1. The topological polar surface area (TPSA) is 94.6 Å². The monoisotopic (exact) mass is 410 g/mol. The smallest absolute Gasteiger partial charge is 0.316 e. The highest BCUT2D eigenvalue weighted by molar-refractivity contribution is 7.99. The van der Waals surface area contributed by atoms with E-state index in [1.165, 1.54) is 0 Å². The molecule has 0 saturated carbocycles. The second-order valence-corrected chi connectivity index (χ2v) is 7.30. The Kier molecular flexibility index (Phi) is 5.53. The van der Waals surface area contributed by atoms with Crippen LogP contribution in [0.4, 0.5) is 0 Å². The van der Waals surface area contributed by atoms with Gasteiger partial charge in [0.2, 0.25) is 0 Å². The summed E-state index contributed by atoms with van der Waals surface area (Å²) in [5.41, 5.74) is 2.14. The lowest BCUT2D eigenvalue weighted by molar-refractivity contribution is -0.146. The van der Waals surface area contributed by atoms with Crippen molar-refractivity contribution in [3.8, 4) is 0 Å². The van der Waals surface area contributed by atoms with Crippen molar-refractivity contribution in [1.29, 1.82) is 0 Å². The molecule has 4 aromatic rings. The van der Waals surface area contributed by atoms with Crippen molar-refractivity contribution in [2.75, 3.05) is 12.4 Å². The third-order valence-corrected chi connectivity index (χ3v) is 5.00. The van der Waals surface area contributed by atoms with E-state index in [-0.39, 0.29) is 18.4 Å². The molecule has 1 N–H and O–H groups in total. The second kappa shape index (κ2) is 8.40. The number of esters is 1. The van der Waals surface area contributed by atoms with Gasteiger partial charge in [-0.05, 0) is 31.2 Å². The molecule has 8 heteroatoms. The molecule has 0 saturated heterocycles. The maximum atomic E-state index is 12.1. The van der Waals surface area contributed by atoms with Gasteiger partial charge in [0, 0.05) is 5.39 Å². The third-order valence-electron chi connectivity index (χ3n) is 4.20. The summed E-state index contributed by atoms with van der Waals surface area (Å²) in [6.07, 6.45) is 0. The summed E-state index contributed by atoms with van der Waals surface area (Å²) in [5.74, 6) is -0.293. The summed E-state index contributed by atoms with van der Waals surface area (Å²) in [6, 6.07) is 16.5. The van der Waals surface area contributed by atoms with Crippen LogP contribution in [-0.4, -0.2) is 29.2 Å². The van der Waals surface area contributed by atoms with Gasteiger partial charge in [0.05, 0.1) is 6.04 Å². The summed E-state index contributed by atoms with van der Waals surface area (Å²) in [7, 11) is 0. The predicted molar refractivity (Wildman–Crippen MR) is 108 cm³/mol. The molecular formula is C21H18N2O5S. The van der Waals surface area contributed by atoms with Crippen LogP contribution in [-0.2, 0) is 14.3 Å². The van der Waals surface area contributed by atoms with Crippen molar-refractivity contribution >= 4 is 45.7 Å². The van der Waals surface area contributed by atoms with Gasteiger partial charge in [-0.25, -0.2) is 4.98 Å². The van der Waals surface area contributed by atoms with Crippen molar-refractivity contribution in [2.24, 2.45) is 0 Å². The van der Waals surface area contributed by atoms with Crippen molar-refractivity contribution in [2.45, 2.75) is 18.2 Å². The predicted octanol–water partition coefficient (Wildman–Crippen LogP) is 4.09. The number of nitrogens with zero attached hydrogens (tertiary/aromatic N) is 1. The lowest BCUT2D eigenvalue weighted by Gasteiger charge is -2.11. The minimum Gasteiger partial charge on any atom is -0.459 e. The van der Waals surface area contributed by atoms with Crippen LogP contribution in [0.2, 0.25) is 0 Å². The van der Waals surface area contributed by atoms with Gasteiger partial charge in [-0.15, -0.1) is 0 Å². The van der Waals surface area contributed by atoms with Crippen LogP contribution in [0.25, 0.3) is 22.1 Å². The van der Waals surface area contributed by atoms with E-state index in [0.717, 1.165) is 28.2 Å². The lowest BCUT2D eigenvalue weighted by Crippen LogP contribution is -2.31. The number of carbonyl (C=O) groups excluding carboxylic acids is 2. The molecule has 4 rings (SSSR count). The standard InChI is InChI=1S/C21H18N2O5S/c1-13(18-10-14-6-2-4-8-16(14)27-18)22-19(24)11-26-20(25)12-29-21-23-15-7-3-5-9-17(15)28-21/h2-10,13H,11-12H2,1H3,(H,22,24)/t13-/m1/s1. The van der Waals surface area contributed by atoms with E-state index in [9.17, 15) is 9.59 Å². The fourth-order valence-electron chi connectivity index (χ4n) is 2.79. The number of hydrogen-bond acceptors (Lipinski definition) is 7. The van der Waals surface area contributed by atoms with E-state index in [1.807, 2.05) is 48.5 Å². The molecule has 0 aliphatic rings. The van der Waals surface area contributed by atoms with Gasteiger partial charge in [-0.2, -0.15) is 0 Å². The first-order chi connectivity index (χ1) is 14.1. The van der Waals surface area contributed by atoms with E-state index >= 15 is 0 Å². The first kappa shape index (κ1) is 19.1. The zero-order valence-corrected chi connectivity index (χ0v) is 16.4. The SMILES string of the molecule is C[C@@H](NC(=O)COC(=O)CSc1nc2ccccc2o1)c1cc2ccccc2o1. The lowest BCUT2D eigenvalue weighted by atomic mass is 10.2. The fraction of sp³-hybridized carbons (Fsp3) is 0.190. The first-order valence-corrected chi connectivity index (χ1v) is 9.99. The molecule has 0 radical (unpaired) electrons. The van der Waals surface area contributed by atoms with Crippen LogP contribution in [0.1, 0.15) is 18.7 Å². The molecule has 29 heavy (non-hydrogen) atoms. The summed E-state index contributed by atoms with van der Waals surface area (Å²) in [6.45, 7) is 1.44. The van der Waals surface area contributed by atoms with Crippen LogP contribution < -0.4 is 5.32 Å². The molecule has 7 nitrogen and oxygen atoms in total. The van der Waals surface area contributed by atoms with Crippen LogP contribution in [0.15, 0.2) is 68.7 Å². The Balaban J connectivity index is 1.23. The van der Waals surface area contributed by atoms with Crippen LogP contribution in [0, 0.1) is 0 Å². The number of para-hydroxylation sites is 3. The highest BCUT2D eigenvalue weighted by Crippen LogP contribution is 2.24. The number of aromatic nitrogens is 1. The highest BCUT2D eigenvalue weighted by Gasteiger charge is 2.16.